The van der Waals surface area contributed by atoms with Gasteiger partial charge in [0.15, 0.2) is 5.82 Å². The number of allylic oxidation sites excluding steroid dienone is 1. The molecular weight excluding hydrogens is 518 g/mol. The standard InChI is InChI=1S/C27H39N7O4S/c1-18-14-27(3,4)33(16-18)25-21(26(35)32-39(36,37)22(15-29-5)19(2)28)10-11-23(30-25)34-13-12-24(31-34)38-17-20-8-6-7-9-20/h10-13,15,18,20,28-29H,6-9,14,16-17H2,1-5H3,(H,32,35)/b22-15+,28-19?/t18-/m0/s1. The smallest absolute Gasteiger partial charge is 0.268 e. The maximum Gasteiger partial charge on any atom is 0.268 e. The van der Waals surface area contributed by atoms with E-state index in [4.69, 9.17) is 15.1 Å². The number of nitrogens with one attached hydrogen (secondary N) is 3. The van der Waals surface area contributed by atoms with E-state index in [-0.39, 0.29) is 21.7 Å². The van der Waals surface area contributed by atoms with Crippen LogP contribution in [-0.2, 0) is 10.0 Å². The number of carbonyl (C=O) groups is 1. The lowest BCUT2D eigenvalue weighted by atomic mass is 9.97. The van der Waals surface area contributed by atoms with Crippen LogP contribution in [0.3, 0.4) is 0 Å². The van der Waals surface area contributed by atoms with Crippen molar-refractivity contribution >= 4 is 27.5 Å². The quantitative estimate of drug-likeness (QED) is 0.376. The van der Waals surface area contributed by atoms with Gasteiger partial charge in [-0.25, -0.2) is 22.8 Å². The van der Waals surface area contributed by atoms with E-state index in [9.17, 15) is 13.2 Å². The van der Waals surface area contributed by atoms with E-state index in [0.29, 0.717) is 42.5 Å². The van der Waals surface area contributed by atoms with Gasteiger partial charge in [-0.15, -0.1) is 5.10 Å². The number of hydrogen-bond donors (Lipinski definition) is 3. The monoisotopic (exact) mass is 557 g/mol. The lowest BCUT2D eigenvalue weighted by Gasteiger charge is -2.34. The van der Waals surface area contributed by atoms with E-state index in [1.54, 1.807) is 29.1 Å². The average molecular weight is 558 g/mol. The van der Waals surface area contributed by atoms with Gasteiger partial charge < -0.3 is 20.4 Å². The number of hydrogen-bond acceptors (Lipinski definition) is 9. The summed E-state index contributed by atoms with van der Waals surface area (Å²) >= 11 is 0. The van der Waals surface area contributed by atoms with E-state index in [0.717, 1.165) is 6.42 Å². The Bertz CT molecular complexity index is 1360. The van der Waals surface area contributed by atoms with Gasteiger partial charge in [0.2, 0.25) is 5.88 Å². The molecule has 3 N–H and O–H groups in total. The molecule has 1 amide bonds. The first kappa shape index (κ1) is 28.6. The third-order valence-electron chi connectivity index (χ3n) is 7.34. The molecule has 2 aliphatic rings. The number of amides is 1. The third kappa shape index (κ3) is 6.43. The van der Waals surface area contributed by atoms with Gasteiger partial charge in [-0.05, 0) is 64.0 Å². The molecular formula is C27H39N7O4S. The molecule has 0 bridgehead atoms. The van der Waals surface area contributed by atoms with Gasteiger partial charge in [-0.1, -0.05) is 19.8 Å². The fourth-order valence-electron chi connectivity index (χ4n) is 5.55. The number of aromatic nitrogens is 3. The van der Waals surface area contributed by atoms with Gasteiger partial charge in [-0.3, -0.25) is 4.79 Å². The molecule has 1 atom stereocenters. The van der Waals surface area contributed by atoms with E-state index in [2.05, 4.69) is 40.8 Å². The molecule has 2 fully saturated rings. The van der Waals surface area contributed by atoms with E-state index in [1.807, 2.05) is 0 Å². The van der Waals surface area contributed by atoms with Crippen LogP contribution in [0, 0.1) is 17.2 Å². The highest BCUT2D eigenvalue weighted by molar-refractivity contribution is 7.94. The zero-order valence-corrected chi connectivity index (χ0v) is 24.1. The second-order valence-corrected chi connectivity index (χ2v) is 12.8. The van der Waals surface area contributed by atoms with Crippen LogP contribution < -0.4 is 19.7 Å². The number of nitrogens with zero attached hydrogens (tertiary/aromatic N) is 4. The lowest BCUT2D eigenvalue weighted by molar-refractivity contribution is 0.0982. The van der Waals surface area contributed by atoms with Crippen molar-refractivity contribution in [1.29, 1.82) is 5.41 Å². The van der Waals surface area contributed by atoms with Crippen molar-refractivity contribution in [1.82, 2.24) is 24.8 Å². The number of pyridine rings is 1. The Balaban J connectivity index is 1.66. The first-order chi connectivity index (χ1) is 18.4. The van der Waals surface area contributed by atoms with E-state index in [1.165, 1.54) is 45.9 Å². The van der Waals surface area contributed by atoms with Crippen LogP contribution in [0.5, 0.6) is 5.88 Å². The molecule has 212 valence electrons. The van der Waals surface area contributed by atoms with Gasteiger partial charge in [0.1, 0.15) is 10.7 Å². The average Bonchev–Trinajstić information content (AvgIpc) is 3.60. The summed E-state index contributed by atoms with van der Waals surface area (Å²) in [6.45, 7) is 8.95. The summed E-state index contributed by atoms with van der Waals surface area (Å²) in [6, 6.07) is 5.00. The molecule has 39 heavy (non-hydrogen) atoms. The molecule has 2 aromatic heterocycles. The first-order valence-corrected chi connectivity index (χ1v) is 14.9. The summed E-state index contributed by atoms with van der Waals surface area (Å²) in [7, 11) is -2.76. The van der Waals surface area contributed by atoms with Crippen molar-refractivity contribution in [3.05, 3.63) is 41.1 Å². The predicted molar refractivity (Wildman–Crippen MR) is 151 cm³/mol. The maximum atomic E-state index is 13.4. The minimum absolute atomic E-state index is 0.126. The molecule has 4 rings (SSSR count). The highest BCUT2D eigenvalue weighted by atomic mass is 32.2. The van der Waals surface area contributed by atoms with Crippen LogP contribution >= 0.6 is 0 Å². The molecule has 1 aliphatic heterocycles. The van der Waals surface area contributed by atoms with Crippen LogP contribution in [0.4, 0.5) is 5.82 Å². The third-order valence-corrected chi connectivity index (χ3v) is 8.79. The molecule has 3 heterocycles. The molecule has 2 aromatic rings. The number of ether oxygens (including phenoxy) is 1. The summed E-state index contributed by atoms with van der Waals surface area (Å²) in [5, 5.41) is 15.0. The van der Waals surface area contributed by atoms with Gasteiger partial charge in [-0.2, -0.15) is 0 Å². The van der Waals surface area contributed by atoms with Crippen molar-refractivity contribution in [2.75, 3.05) is 25.1 Å². The summed E-state index contributed by atoms with van der Waals surface area (Å²) < 4.78 is 35.6. The molecule has 0 unspecified atom stereocenters. The van der Waals surface area contributed by atoms with Gasteiger partial charge in [0.05, 0.1) is 17.9 Å². The number of rotatable bonds is 10. The molecule has 1 saturated carbocycles. The zero-order chi connectivity index (χ0) is 28.4. The Kier molecular flexibility index (Phi) is 8.34. The highest BCUT2D eigenvalue weighted by Crippen LogP contribution is 2.38. The Morgan fingerprint density at radius 2 is 1.97 bits per heavy atom. The summed E-state index contributed by atoms with van der Waals surface area (Å²) in [6.07, 6.45) is 8.68. The van der Waals surface area contributed by atoms with Crippen LogP contribution in [0.25, 0.3) is 5.82 Å². The van der Waals surface area contributed by atoms with E-state index < -0.39 is 15.9 Å². The van der Waals surface area contributed by atoms with Gasteiger partial charge in [0, 0.05) is 37.6 Å². The maximum absolute atomic E-state index is 13.4. The van der Waals surface area contributed by atoms with Crippen molar-refractivity contribution in [3.8, 4) is 11.7 Å². The number of anilines is 1. The van der Waals surface area contributed by atoms with Crippen molar-refractivity contribution in [3.63, 3.8) is 0 Å². The molecule has 1 aliphatic carbocycles. The molecule has 0 aromatic carbocycles. The predicted octanol–water partition coefficient (Wildman–Crippen LogP) is 3.62. The molecule has 12 heteroatoms. The fraction of sp³-hybridized carbons (Fsp3) is 0.556. The SMILES string of the molecule is CN/C=C(\C(C)=N)S(=O)(=O)NC(=O)c1ccc(-n2ccc(OCC3CCCC3)n2)nc1N1C[C@@H](C)CC1(C)C. The van der Waals surface area contributed by atoms with Crippen LogP contribution in [0.1, 0.15) is 70.2 Å². The van der Waals surface area contributed by atoms with Gasteiger partial charge in [0.25, 0.3) is 15.9 Å². The molecule has 0 spiro atoms. The minimum atomic E-state index is -4.29. The van der Waals surface area contributed by atoms with Crippen LogP contribution in [0.2, 0.25) is 0 Å². The Hall–Kier alpha value is -3.41. The summed E-state index contributed by atoms with van der Waals surface area (Å²) in [5.41, 5.74) is -0.375. The Morgan fingerprint density at radius 3 is 2.59 bits per heavy atom. The second-order valence-electron chi connectivity index (χ2n) is 11.2. The molecule has 11 nitrogen and oxygen atoms in total. The zero-order valence-electron chi connectivity index (χ0n) is 23.3. The lowest BCUT2D eigenvalue weighted by Crippen LogP contribution is -2.41. The largest absolute Gasteiger partial charge is 0.476 e. The Labute approximate surface area is 230 Å². The van der Waals surface area contributed by atoms with Crippen molar-refractivity contribution in [2.24, 2.45) is 11.8 Å². The van der Waals surface area contributed by atoms with Crippen molar-refractivity contribution < 1.29 is 17.9 Å². The molecule has 0 radical (unpaired) electrons. The normalized spacial score (nSPS) is 19.8. The molecule has 1 saturated heterocycles. The first-order valence-electron chi connectivity index (χ1n) is 13.4. The fourth-order valence-corrected chi connectivity index (χ4v) is 6.69. The Morgan fingerprint density at radius 1 is 1.26 bits per heavy atom. The van der Waals surface area contributed by atoms with Crippen LogP contribution in [-0.4, -0.2) is 60.5 Å². The highest BCUT2D eigenvalue weighted by Gasteiger charge is 2.39. The van der Waals surface area contributed by atoms with Gasteiger partial charge >= 0.3 is 0 Å². The minimum Gasteiger partial charge on any atom is -0.476 e. The summed E-state index contributed by atoms with van der Waals surface area (Å²) in [5.74, 6) is 1.48. The number of carbonyl (C=O) groups excluding carboxylic acids is 1. The van der Waals surface area contributed by atoms with Crippen LogP contribution in [0.15, 0.2) is 35.5 Å². The van der Waals surface area contributed by atoms with E-state index >= 15 is 0 Å². The summed E-state index contributed by atoms with van der Waals surface area (Å²) in [4.78, 5) is 20.0. The topological polar surface area (TPSA) is 142 Å². The number of sulfonamides is 1. The second kappa shape index (κ2) is 11.4. The van der Waals surface area contributed by atoms with Crippen molar-refractivity contribution in [2.45, 2.75) is 65.3 Å².